The lowest BCUT2D eigenvalue weighted by atomic mass is 10.2. The third-order valence-corrected chi connectivity index (χ3v) is 5.38. The second-order valence-corrected chi connectivity index (χ2v) is 7.82. The third kappa shape index (κ3) is 5.13. The number of nitrogens with zero attached hydrogens (tertiary/aromatic N) is 2. The summed E-state index contributed by atoms with van der Waals surface area (Å²) in [6.45, 7) is 2.13. The van der Waals surface area contributed by atoms with Gasteiger partial charge in [0.1, 0.15) is 4.90 Å². The van der Waals surface area contributed by atoms with Crippen molar-refractivity contribution < 1.29 is 13.2 Å². The molecule has 5 N–H and O–H groups in total. The number of benzene rings is 1. The minimum atomic E-state index is -4.00. The van der Waals surface area contributed by atoms with Crippen LogP contribution in [0.15, 0.2) is 40.4 Å². The van der Waals surface area contributed by atoms with Gasteiger partial charge < -0.3 is 11.5 Å². The average Bonchev–Trinajstić information content (AvgIpc) is 2.56. The van der Waals surface area contributed by atoms with E-state index in [2.05, 4.69) is 14.7 Å². The lowest BCUT2D eigenvalue weighted by molar-refractivity contribution is -0.113. The van der Waals surface area contributed by atoms with E-state index in [1.165, 1.54) is 6.07 Å². The largest absolute Gasteiger partial charge is 0.370 e. The number of fused-ring (bicyclic) bond motifs is 1. The second-order valence-electron chi connectivity index (χ2n) is 5.77. The summed E-state index contributed by atoms with van der Waals surface area (Å²) >= 11 is 5.55. The van der Waals surface area contributed by atoms with Crippen LogP contribution in [0.4, 0.5) is 0 Å². The summed E-state index contributed by atoms with van der Waals surface area (Å²) < 4.78 is 27.9. The molecule has 0 radical (unpaired) electrons. The van der Waals surface area contributed by atoms with Crippen molar-refractivity contribution in [2.75, 3.05) is 6.54 Å². The molecular formula is C16H20ClN5O3S. The number of hydrogen-bond donors (Lipinski definition) is 3. The van der Waals surface area contributed by atoms with E-state index in [1.807, 2.05) is 13.0 Å². The number of carbonyl (C=O) groups is 1. The maximum Gasteiger partial charge on any atom is 0.243 e. The Morgan fingerprint density at radius 2 is 2.12 bits per heavy atom. The highest BCUT2D eigenvalue weighted by Crippen LogP contribution is 2.22. The molecule has 0 unspecified atom stereocenters. The number of rotatable bonds is 8. The fourth-order valence-electron chi connectivity index (χ4n) is 2.43. The van der Waals surface area contributed by atoms with E-state index in [0.29, 0.717) is 17.3 Å². The molecule has 140 valence electrons. The number of aryl methyl sites for hydroxylation is 1. The Labute approximate surface area is 156 Å². The molecule has 0 saturated heterocycles. The lowest BCUT2D eigenvalue weighted by Crippen LogP contribution is -2.39. The van der Waals surface area contributed by atoms with Crippen LogP contribution in [0.2, 0.25) is 0 Å². The van der Waals surface area contributed by atoms with Crippen molar-refractivity contribution in [2.24, 2.45) is 16.5 Å². The fourth-order valence-corrected chi connectivity index (χ4v) is 4.07. The molecule has 0 aliphatic rings. The smallest absolute Gasteiger partial charge is 0.243 e. The van der Waals surface area contributed by atoms with Gasteiger partial charge in [0.25, 0.3) is 0 Å². The SMILES string of the molecule is Cc1cnc2c(S(=O)(=O)N[C@@H](CCCN=C(N)N)C(=O)Cl)cccc2c1. The number of aliphatic imine (C=N–C) groups is 1. The topological polar surface area (TPSA) is 141 Å². The summed E-state index contributed by atoms with van der Waals surface area (Å²) in [6, 6.07) is 5.57. The molecule has 0 aliphatic carbocycles. The maximum absolute atomic E-state index is 12.8. The van der Waals surface area contributed by atoms with Crippen molar-refractivity contribution in [1.82, 2.24) is 9.71 Å². The van der Waals surface area contributed by atoms with E-state index in [0.717, 1.165) is 5.56 Å². The minimum Gasteiger partial charge on any atom is -0.370 e. The molecule has 1 heterocycles. The molecule has 1 aromatic heterocycles. The van der Waals surface area contributed by atoms with Gasteiger partial charge in [-0.3, -0.25) is 14.8 Å². The van der Waals surface area contributed by atoms with Crippen LogP contribution in [0.1, 0.15) is 18.4 Å². The fraction of sp³-hybridized carbons (Fsp3) is 0.312. The van der Waals surface area contributed by atoms with Gasteiger partial charge >= 0.3 is 0 Å². The molecule has 10 heteroatoms. The summed E-state index contributed by atoms with van der Waals surface area (Å²) in [5.74, 6) is -0.0727. The molecule has 0 fully saturated rings. The minimum absolute atomic E-state index is 0.0119. The number of hydrogen-bond acceptors (Lipinski definition) is 5. The van der Waals surface area contributed by atoms with Crippen molar-refractivity contribution >= 4 is 43.7 Å². The summed E-state index contributed by atoms with van der Waals surface area (Å²) in [5.41, 5.74) is 11.7. The van der Waals surface area contributed by atoms with Crippen LogP contribution in [0.3, 0.4) is 0 Å². The number of nitrogens with two attached hydrogens (primary N) is 2. The van der Waals surface area contributed by atoms with Gasteiger partial charge in [-0.15, -0.1) is 0 Å². The molecule has 26 heavy (non-hydrogen) atoms. The van der Waals surface area contributed by atoms with E-state index >= 15 is 0 Å². The Bertz CT molecular complexity index is 942. The van der Waals surface area contributed by atoms with Crippen molar-refractivity contribution in [3.8, 4) is 0 Å². The first-order chi connectivity index (χ1) is 12.2. The number of nitrogens with one attached hydrogen (secondary N) is 1. The van der Waals surface area contributed by atoms with Gasteiger partial charge in [0, 0.05) is 18.1 Å². The Balaban J connectivity index is 2.25. The first kappa shape index (κ1) is 20.1. The molecule has 2 rings (SSSR count). The van der Waals surface area contributed by atoms with Crippen LogP contribution in [-0.4, -0.2) is 37.2 Å². The molecule has 0 saturated carbocycles. The van der Waals surface area contributed by atoms with Crippen molar-refractivity contribution in [3.05, 3.63) is 36.0 Å². The molecule has 1 atom stereocenters. The Hall–Kier alpha value is -2.23. The van der Waals surface area contributed by atoms with Crippen LogP contribution < -0.4 is 16.2 Å². The van der Waals surface area contributed by atoms with Crippen molar-refractivity contribution in [1.29, 1.82) is 0 Å². The van der Waals surface area contributed by atoms with Gasteiger partial charge in [0.05, 0.1) is 11.6 Å². The standard InChI is InChI=1S/C16H20ClN5O3S/c1-10-8-11-4-2-6-13(14(11)21-9-10)26(24,25)22-12(15(17)23)5-3-7-20-16(18)19/h2,4,6,8-9,12,22H,3,5,7H2,1H3,(H4,18,19,20)/t12-/m0/s1. The molecule has 0 amide bonds. The Morgan fingerprint density at radius 3 is 2.77 bits per heavy atom. The number of carbonyl (C=O) groups excluding carboxylic acids is 1. The second kappa shape index (κ2) is 8.43. The maximum atomic E-state index is 12.8. The molecule has 8 nitrogen and oxygen atoms in total. The Kier molecular flexibility index (Phi) is 6.52. The normalized spacial score (nSPS) is 12.7. The number of halogens is 1. The Morgan fingerprint density at radius 1 is 1.38 bits per heavy atom. The highest BCUT2D eigenvalue weighted by Gasteiger charge is 2.26. The van der Waals surface area contributed by atoms with Crippen LogP contribution in [0.5, 0.6) is 0 Å². The zero-order chi connectivity index (χ0) is 19.3. The third-order valence-electron chi connectivity index (χ3n) is 3.62. The van der Waals surface area contributed by atoms with E-state index in [-0.39, 0.29) is 23.8 Å². The summed E-state index contributed by atoms with van der Waals surface area (Å²) in [4.78, 5) is 19.6. The zero-order valence-electron chi connectivity index (χ0n) is 14.1. The van der Waals surface area contributed by atoms with Gasteiger partial charge in [-0.05, 0) is 49.1 Å². The highest BCUT2D eigenvalue weighted by molar-refractivity contribution is 7.89. The van der Waals surface area contributed by atoms with Gasteiger partial charge in [-0.25, -0.2) is 8.42 Å². The lowest BCUT2D eigenvalue weighted by Gasteiger charge is -2.15. The highest BCUT2D eigenvalue weighted by atomic mass is 35.5. The number of pyridine rings is 1. The van der Waals surface area contributed by atoms with Crippen LogP contribution in [0.25, 0.3) is 10.9 Å². The predicted octanol–water partition coefficient (Wildman–Crippen LogP) is 1.01. The summed E-state index contributed by atoms with van der Waals surface area (Å²) in [7, 11) is -4.00. The molecule has 2 aromatic rings. The average molecular weight is 398 g/mol. The van der Waals surface area contributed by atoms with Crippen LogP contribution >= 0.6 is 11.6 Å². The van der Waals surface area contributed by atoms with Crippen molar-refractivity contribution in [2.45, 2.75) is 30.7 Å². The number of aromatic nitrogens is 1. The van der Waals surface area contributed by atoms with Gasteiger partial charge in [0.2, 0.25) is 15.3 Å². The number of para-hydroxylation sites is 1. The summed E-state index contributed by atoms with van der Waals surface area (Å²) in [6.07, 6.45) is 2.13. The first-order valence-electron chi connectivity index (χ1n) is 7.83. The van der Waals surface area contributed by atoms with Gasteiger partial charge in [-0.2, -0.15) is 4.72 Å². The molecular weight excluding hydrogens is 378 g/mol. The monoisotopic (exact) mass is 397 g/mol. The predicted molar refractivity (Wildman–Crippen MR) is 101 cm³/mol. The number of guanidine groups is 1. The van der Waals surface area contributed by atoms with Crippen LogP contribution in [-0.2, 0) is 14.8 Å². The molecule has 0 bridgehead atoms. The van der Waals surface area contributed by atoms with Gasteiger partial charge in [-0.1, -0.05) is 12.1 Å². The van der Waals surface area contributed by atoms with Crippen molar-refractivity contribution in [3.63, 3.8) is 0 Å². The van der Waals surface area contributed by atoms with E-state index in [1.54, 1.807) is 18.3 Å². The number of sulfonamides is 1. The first-order valence-corrected chi connectivity index (χ1v) is 9.69. The molecule has 0 spiro atoms. The van der Waals surface area contributed by atoms with E-state index in [9.17, 15) is 13.2 Å². The van der Waals surface area contributed by atoms with E-state index in [4.69, 9.17) is 23.1 Å². The molecule has 0 aliphatic heterocycles. The molecule has 1 aromatic carbocycles. The quantitative estimate of drug-likeness (QED) is 0.263. The van der Waals surface area contributed by atoms with Gasteiger partial charge in [0.15, 0.2) is 5.96 Å². The zero-order valence-corrected chi connectivity index (χ0v) is 15.7. The van der Waals surface area contributed by atoms with E-state index < -0.39 is 21.3 Å². The summed E-state index contributed by atoms with van der Waals surface area (Å²) in [5, 5.41) is -0.114. The van der Waals surface area contributed by atoms with Crippen LogP contribution in [0, 0.1) is 6.92 Å².